The van der Waals surface area contributed by atoms with Crippen molar-refractivity contribution < 1.29 is 9.53 Å². The van der Waals surface area contributed by atoms with Crippen LogP contribution in [0.1, 0.15) is 40.0 Å². The van der Waals surface area contributed by atoms with E-state index in [-0.39, 0.29) is 24.1 Å². The Morgan fingerprint density at radius 2 is 2.00 bits per heavy atom. The van der Waals surface area contributed by atoms with Crippen LogP contribution in [0.15, 0.2) is 0 Å². The standard InChI is InChI=1S/C12H24N2O2/c1-8(2)13-12(15)9(3)14-10-6-5-7-11(10)16-4/h8-11,14H,5-7H2,1-4H3,(H,13,15). The average Bonchev–Trinajstić information content (AvgIpc) is 2.64. The minimum atomic E-state index is -0.150. The lowest BCUT2D eigenvalue weighted by molar-refractivity contribution is -0.123. The highest BCUT2D eigenvalue weighted by molar-refractivity contribution is 5.81. The number of carbonyl (C=O) groups is 1. The monoisotopic (exact) mass is 228 g/mol. The van der Waals surface area contributed by atoms with Crippen LogP contribution in [0, 0.1) is 0 Å². The van der Waals surface area contributed by atoms with E-state index in [4.69, 9.17) is 4.74 Å². The van der Waals surface area contributed by atoms with Gasteiger partial charge in [-0.15, -0.1) is 0 Å². The number of ether oxygens (including phenoxy) is 1. The van der Waals surface area contributed by atoms with Gasteiger partial charge in [0.15, 0.2) is 0 Å². The Labute approximate surface area is 98.1 Å². The van der Waals surface area contributed by atoms with Crippen LogP contribution in [0.2, 0.25) is 0 Å². The van der Waals surface area contributed by atoms with Gasteiger partial charge < -0.3 is 15.4 Å². The van der Waals surface area contributed by atoms with Gasteiger partial charge in [-0.25, -0.2) is 0 Å². The zero-order chi connectivity index (χ0) is 12.1. The largest absolute Gasteiger partial charge is 0.380 e. The molecule has 1 fully saturated rings. The second kappa shape index (κ2) is 6.21. The summed E-state index contributed by atoms with van der Waals surface area (Å²) in [5, 5.41) is 6.25. The number of nitrogens with one attached hydrogen (secondary N) is 2. The Morgan fingerprint density at radius 1 is 1.31 bits per heavy atom. The van der Waals surface area contributed by atoms with Crippen LogP contribution in [0.25, 0.3) is 0 Å². The minimum absolute atomic E-state index is 0.0664. The fourth-order valence-corrected chi connectivity index (χ4v) is 2.21. The summed E-state index contributed by atoms with van der Waals surface area (Å²) in [4.78, 5) is 11.7. The molecule has 0 saturated heterocycles. The normalized spacial score (nSPS) is 27.1. The molecule has 3 unspecified atom stereocenters. The summed E-state index contributed by atoms with van der Waals surface area (Å²) in [6.07, 6.45) is 3.62. The van der Waals surface area contributed by atoms with E-state index in [1.165, 1.54) is 6.42 Å². The van der Waals surface area contributed by atoms with Crippen molar-refractivity contribution in [2.75, 3.05) is 7.11 Å². The molecule has 0 aliphatic heterocycles. The van der Waals surface area contributed by atoms with Crippen molar-refractivity contribution in [1.29, 1.82) is 0 Å². The summed E-state index contributed by atoms with van der Waals surface area (Å²) >= 11 is 0. The molecule has 0 bridgehead atoms. The van der Waals surface area contributed by atoms with E-state index in [1.807, 2.05) is 20.8 Å². The van der Waals surface area contributed by atoms with Gasteiger partial charge in [0, 0.05) is 19.2 Å². The quantitative estimate of drug-likeness (QED) is 0.739. The van der Waals surface area contributed by atoms with Crippen molar-refractivity contribution in [3.8, 4) is 0 Å². The molecule has 1 rings (SSSR count). The molecule has 1 saturated carbocycles. The first-order valence-electron chi connectivity index (χ1n) is 6.13. The summed E-state index contributed by atoms with van der Waals surface area (Å²) in [7, 11) is 1.74. The third kappa shape index (κ3) is 3.76. The average molecular weight is 228 g/mol. The molecule has 1 aliphatic rings. The summed E-state index contributed by atoms with van der Waals surface area (Å²) in [6, 6.07) is 0.361. The van der Waals surface area contributed by atoms with Gasteiger partial charge in [-0.3, -0.25) is 4.79 Å². The lowest BCUT2D eigenvalue weighted by Gasteiger charge is -2.24. The fraction of sp³-hybridized carbons (Fsp3) is 0.917. The van der Waals surface area contributed by atoms with Gasteiger partial charge >= 0.3 is 0 Å². The third-order valence-electron chi connectivity index (χ3n) is 3.04. The first kappa shape index (κ1) is 13.5. The van der Waals surface area contributed by atoms with E-state index in [0.717, 1.165) is 12.8 Å². The van der Waals surface area contributed by atoms with Crippen LogP contribution < -0.4 is 10.6 Å². The van der Waals surface area contributed by atoms with Crippen LogP contribution in [0.5, 0.6) is 0 Å². The Morgan fingerprint density at radius 3 is 2.56 bits per heavy atom. The van der Waals surface area contributed by atoms with Gasteiger partial charge in [0.2, 0.25) is 5.91 Å². The van der Waals surface area contributed by atoms with E-state index < -0.39 is 0 Å². The van der Waals surface area contributed by atoms with Gasteiger partial charge in [-0.2, -0.15) is 0 Å². The Kier molecular flexibility index (Phi) is 5.22. The molecule has 1 aliphatic carbocycles. The van der Waals surface area contributed by atoms with Gasteiger partial charge in [-0.05, 0) is 40.0 Å². The Balaban J connectivity index is 2.38. The van der Waals surface area contributed by atoms with Gasteiger partial charge in [-0.1, -0.05) is 0 Å². The summed E-state index contributed by atoms with van der Waals surface area (Å²) < 4.78 is 5.39. The summed E-state index contributed by atoms with van der Waals surface area (Å²) in [6.45, 7) is 5.85. The lowest BCUT2D eigenvalue weighted by atomic mass is 10.1. The molecule has 1 amide bonds. The number of amides is 1. The molecular formula is C12H24N2O2. The Hall–Kier alpha value is -0.610. The first-order valence-corrected chi connectivity index (χ1v) is 6.13. The number of hydrogen-bond donors (Lipinski definition) is 2. The second-order valence-electron chi connectivity index (χ2n) is 4.86. The highest BCUT2D eigenvalue weighted by Gasteiger charge is 2.29. The van der Waals surface area contributed by atoms with Crippen molar-refractivity contribution in [2.45, 2.75) is 64.3 Å². The maximum atomic E-state index is 11.7. The number of hydrogen-bond acceptors (Lipinski definition) is 3. The van der Waals surface area contributed by atoms with Gasteiger partial charge in [0.1, 0.15) is 0 Å². The van der Waals surface area contributed by atoms with E-state index in [0.29, 0.717) is 6.04 Å². The number of rotatable bonds is 5. The SMILES string of the molecule is COC1CCCC1NC(C)C(=O)NC(C)C. The summed E-state index contributed by atoms with van der Waals surface area (Å²) in [5.41, 5.74) is 0. The molecule has 0 aromatic rings. The van der Waals surface area contributed by atoms with Gasteiger partial charge in [0.25, 0.3) is 0 Å². The maximum Gasteiger partial charge on any atom is 0.237 e. The molecule has 0 radical (unpaired) electrons. The maximum absolute atomic E-state index is 11.7. The highest BCUT2D eigenvalue weighted by Crippen LogP contribution is 2.21. The van der Waals surface area contributed by atoms with Crippen LogP contribution in [-0.2, 0) is 9.53 Å². The molecule has 0 spiro atoms. The van der Waals surface area contributed by atoms with E-state index >= 15 is 0 Å². The lowest BCUT2D eigenvalue weighted by Crippen LogP contribution is -2.50. The van der Waals surface area contributed by atoms with Crippen LogP contribution >= 0.6 is 0 Å². The van der Waals surface area contributed by atoms with Crippen LogP contribution in [0.3, 0.4) is 0 Å². The van der Waals surface area contributed by atoms with E-state index in [1.54, 1.807) is 7.11 Å². The molecule has 2 N–H and O–H groups in total. The molecule has 3 atom stereocenters. The zero-order valence-electron chi connectivity index (χ0n) is 10.7. The van der Waals surface area contributed by atoms with E-state index in [2.05, 4.69) is 10.6 Å². The molecule has 94 valence electrons. The van der Waals surface area contributed by atoms with E-state index in [9.17, 15) is 4.79 Å². The van der Waals surface area contributed by atoms with Crippen LogP contribution in [0.4, 0.5) is 0 Å². The van der Waals surface area contributed by atoms with Crippen LogP contribution in [-0.4, -0.2) is 37.2 Å². The first-order chi connectivity index (χ1) is 7.54. The number of carbonyl (C=O) groups excluding carboxylic acids is 1. The third-order valence-corrected chi connectivity index (χ3v) is 3.04. The molecule has 0 heterocycles. The number of methoxy groups -OCH3 is 1. The van der Waals surface area contributed by atoms with Crippen molar-refractivity contribution in [1.82, 2.24) is 10.6 Å². The zero-order valence-corrected chi connectivity index (χ0v) is 10.7. The van der Waals surface area contributed by atoms with Gasteiger partial charge in [0.05, 0.1) is 12.1 Å². The molecular weight excluding hydrogens is 204 g/mol. The smallest absolute Gasteiger partial charge is 0.237 e. The molecule has 16 heavy (non-hydrogen) atoms. The second-order valence-corrected chi connectivity index (χ2v) is 4.86. The van der Waals surface area contributed by atoms with Crippen molar-refractivity contribution >= 4 is 5.91 Å². The topological polar surface area (TPSA) is 50.4 Å². The Bertz CT molecular complexity index is 231. The predicted molar refractivity (Wildman–Crippen MR) is 64.3 cm³/mol. The fourth-order valence-electron chi connectivity index (χ4n) is 2.21. The molecule has 0 aromatic carbocycles. The molecule has 0 aromatic heterocycles. The molecule has 4 nitrogen and oxygen atoms in total. The molecule has 4 heteroatoms. The van der Waals surface area contributed by atoms with Crippen molar-refractivity contribution in [3.05, 3.63) is 0 Å². The predicted octanol–water partition coefficient (Wildman–Crippen LogP) is 1.06. The summed E-state index contributed by atoms with van der Waals surface area (Å²) in [5.74, 6) is 0.0664. The van der Waals surface area contributed by atoms with Crippen molar-refractivity contribution in [3.63, 3.8) is 0 Å². The minimum Gasteiger partial charge on any atom is -0.380 e. The highest BCUT2D eigenvalue weighted by atomic mass is 16.5. The van der Waals surface area contributed by atoms with Crippen molar-refractivity contribution in [2.24, 2.45) is 0 Å².